The van der Waals surface area contributed by atoms with E-state index in [4.69, 9.17) is 4.99 Å². The number of benzene rings is 2. The number of alkyl halides is 3. The number of rotatable bonds is 9. The van der Waals surface area contributed by atoms with Crippen molar-refractivity contribution in [2.24, 2.45) is 16.3 Å². The normalized spacial score (nSPS) is 21.4. The van der Waals surface area contributed by atoms with Crippen LogP contribution in [0, 0.1) is 11.3 Å². The summed E-state index contributed by atoms with van der Waals surface area (Å²) >= 11 is 0. The molecule has 0 unspecified atom stereocenters. The van der Waals surface area contributed by atoms with Crippen LogP contribution < -0.4 is 10.1 Å². The Kier molecular flexibility index (Phi) is 8.64. The Morgan fingerprint density at radius 1 is 1.09 bits per heavy atom. The second-order valence-electron chi connectivity index (χ2n) is 12.7. The number of aromatic nitrogens is 3. The lowest BCUT2D eigenvalue weighted by Crippen LogP contribution is -2.51. The van der Waals surface area contributed by atoms with Crippen molar-refractivity contribution in [2.45, 2.75) is 90.8 Å². The lowest BCUT2D eigenvalue weighted by Gasteiger charge is -2.47. The first-order valence-electron chi connectivity index (χ1n) is 15.0. The molecule has 2 aliphatic rings. The van der Waals surface area contributed by atoms with Gasteiger partial charge in [0.15, 0.2) is 5.82 Å². The van der Waals surface area contributed by atoms with Crippen molar-refractivity contribution in [2.75, 3.05) is 0 Å². The highest BCUT2D eigenvalue weighted by atomic mass is 19.4. The predicted octanol–water partition coefficient (Wildman–Crippen LogP) is 6.67. The standard InChI is InChI=1S/C32H39F3N6O3/c1-5-6-25(20-7-9-22(10-8-20)28(42)36-19-26-38-40-39-26)41-29(43)27(21-11-13-24(14-12-21)44-32(33,34)35)37-31(41)17-15-23(16-18-31)30(2,3)4/h7-14,23,25,40H,5-6,15-19H2,1-4H3,(H,36,42)(H,38,39)/t23?,25-,31?/m1/s1. The second kappa shape index (κ2) is 12.1. The summed E-state index contributed by atoms with van der Waals surface area (Å²) in [5, 5.41) is 12.0. The first kappa shape index (κ1) is 31.3. The molecule has 3 aromatic rings. The number of ether oxygens (including phenoxy) is 1. The summed E-state index contributed by atoms with van der Waals surface area (Å²) in [5.74, 6) is 0.271. The van der Waals surface area contributed by atoms with Crippen LogP contribution in [0.15, 0.2) is 53.5 Å². The molecule has 236 valence electrons. The molecule has 0 radical (unpaired) electrons. The minimum Gasteiger partial charge on any atom is -0.406 e. The van der Waals surface area contributed by atoms with Crippen LogP contribution in [0.4, 0.5) is 13.2 Å². The summed E-state index contributed by atoms with van der Waals surface area (Å²) in [6, 6.07) is 12.3. The summed E-state index contributed by atoms with van der Waals surface area (Å²) in [7, 11) is 0. The fourth-order valence-electron chi connectivity index (χ4n) is 6.41. The van der Waals surface area contributed by atoms with Gasteiger partial charge in [-0.1, -0.05) is 46.2 Å². The Balaban J connectivity index is 1.45. The van der Waals surface area contributed by atoms with Gasteiger partial charge in [-0.2, -0.15) is 0 Å². The molecule has 1 spiro atoms. The molecular weight excluding hydrogens is 573 g/mol. The van der Waals surface area contributed by atoms with Gasteiger partial charge in [0, 0.05) is 11.1 Å². The molecule has 2 heterocycles. The van der Waals surface area contributed by atoms with E-state index >= 15 is 0 Å². The summed E-state index contributed by atoms with van der Waals surface area (Å²) in [6.07, 6.45) is -0.148. The van der Waals surface area contributed by atoms with E-state index in [-0.39, 0.29) is 41.3 Å². The highest BCUT2D eigenvalue weighted by Gasteiger charge is 2.52. The number of amides is 2. The average molecular weight is 613 g/mol. The monoisotopic (exact) mass is 612 g/mol. The molecule has 12 heteroatoms. The summed E-state index contributed by atoms with van der Waals surface area (Å²) < 4.78 is 42.3. The number of nitrogens with zero attached hydrogens (tertiary/aromatic N) is 3. The fraction of sp³-hybridized carbons (Fsp3) is 0.500. The molecule has 1 fully saturated rings. The van der Waals surface area contributed by atoms with E-state index in [0.717, 1.165) is 24.8 Å². The SMILES string of the molecule is CCC[C@H](c1ccc(C(=O)NCc2n[nH][nH]2)cc1)N1C(=O)C(c2ccc(OC(F)(F)F)cc2)=NC12CCC(C(C)(C)C)CC2. The third-order valence-corrected chi connectivity index (χ3v) is 8.80. The molecular formula is C32H39F3N6O3. The molecule has 44 heavy (non-hydrogen) atoms. The van der Waals surface area contributed by atoms with Crippen LogP contribution in [0.25, 0.3) is 0 Å². The number of hydrogen-bond acceptors (Lipinski definition) is 5. The first-order valence-corrected chi connectivity index (χ1v) is 15.0. The van der Waals surface area contributed by atoms with Crippen molar-refractivity contribution in [3.8, 4) is 5.75 Å². The number of hydrogen-bond donors (Lipinski definition) is 3. The molecule has 5 rings (SSSR count). The summed E-state index contributed by atoms with van der Waals surface area (Å²) in [5.41, 5.74) is 1.43. The number of halogens is 3. The third-order valence-electron chi connectivity index (χ3n) is 8.80. The smallest absolute Gasteiger partial charge is 0.406 e. The van der Waals surface area contributed by atoms with Gasteiger partial charge < -0.3 is 15.0 Å². The van der Waals surface area contributed by atoms with Crippen molar-refractivity contribution < 1.29 is 27.5 Å². The van der Waals surface area contributed by atoms with Crippen LogP contribution in [0.1, 0.15) is 99.6 Å². The van der Waals surface area contributed by atoms with E-state index in [1.807, 2.05) is 17.0 Å². The van der Waals surface area contributed by atoms with Crippen LogP contribution in [0.3, 0.4) is 0 Å². The van der Waals surface area contributed by atoms with Gasteiger partial charge in [0.25, 0.3) is 11.8 Å². The number of carbonyl (C=O) groups excluding carboxylic acids is 2. The van der Waals surface area contributed by atoms with Crippen molar-refractivity contribution in [3.63, 3.8) is 0 Å². The maximum absolute atomic E-state index is 14.3. The van der Waals surface area contributed by atoms with E-state index in [1.54, 1.807) is 12.1 Å². The number of aliphatic imine (C=N–C) groups is 1. The van der Waals surface area contributed by atoms with Gasteiger partial charge in [0.2, 0.25) is 0 Å². The Morgan fingerprint density at radius 2 is 1.73 bits per heavy atom. The van der Waals surface area contributed by atoms with Gasteiger partial charge >= 0.3 is 6.36 Å². The maximum Gasteiger partial charge on any atom is 0.573 e. The van der Waals surface area contributed by atoms with E-state index in [1.165, 1.54) is 24.3 Å². The highest BCUT2D eigenvalue weighted by Crippen LogP contribution is 2.50. The molecule has 9 nitrogen and oxygen atoms in total. The van der Waals surface area contributed by atoms with E-state index in [2.05, 4.69) is 53.2 Å². The zero-order valence-corrected chi connectivity index (χ0v) is 25.4. The molecule has 3 N–H and O–H groups in total. The average Bonchev–Trinajstić information content (AvgIpc) is 3.21. The Morgan fingerprint density at radius 3 is 2.25 bits per heavy atom. The van der Waals surface area contributed by atoms with Crippen LogP contribution in [0.5, 0.6) is 5.75 Å². The number of H-pyrrole nitrogens is 2. The molecule has 0 saturated heterocycles. The molecule has 2 aromatic carbocycles. The number of nitrogens with one attached hydrogen (secondary N) is 3. The minimum atomic E-state index is -4.81. The van der Waals surface area contributed by atoms with E-state index < -0.39 is 12.0 Å². The van der Waals surface area contributed by atoms with E-state index in [0.29, 0.717) is 42.1 Å². The third kappa shape index (κ3) is 6.68. The van der Waals surface area contributed by atoms with Crippen LogP contribution in [-0.2, 0) is 11.3 Å². The van der Waals surface area contributed by atoms with Crippen LogP contribution in [0.2, 0.25) is 0 Å². The number of carbonyl (C=O) groups is 2. The molecule has 1 aromatic heterocycles. The van der Waals surface area contributed by atoms with Gasteiger partial charge in [0.05, 0.1) is 12.6 Å². The van der Waals surface area contributed by atoms with Crippen molar-refractivity contribution in [1.82, 2.24) is 25.6 Å². The van der Waals surface area contributed by atoms with E-state index in [9.17, 15) is 22.8 Å². The zero-order chi connectivity index (χ0) is 31.7. The van der Waals surface area contributed by atoms with Gasteiger partial charge in [0.1, 0.15) is 17.1 Å². The topological polar surface area (TPSA) is 115 Å². The van der Waals surface area contributed by atoms with Crippen molar-refractivity contribution >= 4 is 17.5 Å². The molecule has 2 amide bonds. The lowest BCUT2D eigenvalue weighted by atomic mass is 9.69. The summed E-state index contributed by atoms with van der Waals surface area (Å²) in [6.45, 7) is 9.03. The van der Waals surface area contributed by atoms with Gasteiger partial charge in [-0.15, -0.1) is 18.3 Å². The van der Waals surface area contributed by atoms with Gasteiger partial charge in [-0.3, -0.25) is 19.7 Å². The quantitative estimate of drug-likeness (QED) is 0.250. The Hall–Kier alpha value is -4.09. The Labute approximate surface area is 254 Å². The summed E-state index contributed by atoms with van der Waals surface area (Å²) in [4.78, 5) is 34.0. The fourth-order valence-corrected chi connectivity index (χ4v) is 6.41. The zero-order valence-electron chi connectivity index (χ0n) is 25.4. The Bertz CT molecular complexity index is 1470. The molecule has 1 atom stereocenters. The molecule has 1 saturated carbocycles. The minimum absolute atomic E-state index is 0.118. The van der Waals surface area contributed by atoms with Gasteiger partial charge in [-0.25, -0.2) is 5.21 Å². The van der Waals surface area contributed by atoms with Crippen LogP contribution in [-0.4, -0.2) is 49.9 Å². The van der Waals surface area contributed by atoms with Crippen molar-refractivity contribution in [1.29, 1.82) is 0 Å². The lowest BCUT2D eigenvalue weighted by molar-refractivity contribution is -0.274. The second-order valence-corrected chi connectivity index (χ2v) is 12.7. The molecule has 1 aliphatic carbocycles. The van der Waals surface area contributed by atoms with Gasteiger partial charge in [-0.05, 0) is 85.4 Å². The number of aromatic amines is 2. The molecule has 1 aliphatic heterocycles. The van der Waals surface area contributed by atoms with Crippen LogP contribution >= 0.6 is 0 Å². The molecule has 0 bridgehead atoms. The first-order chi connectivity index (χ1) is 20.8. The largest absolute Gasteiger partial charge is 0.573 e. The maximum atomic E-state index is 14.3. The van der Waals surface area contributed by atoms with Crippen molar-refractivity contribution in [3.05, 3.63) is 71.0 Å². The highest BCUT2D eigenvalue weighted by molar-refractivity contribution is 6.46. The predicted molar refractivity (Wildman–Crippen MR) is 159 cm³/mol.